The molecule has 0 spiro atoms. The molecule has 2 nitrogen and oxygen atoms in total. The number of rotatable bonds is 1. The maximum atomic E-state index is 10.2. The second-order valence-corrected chi connectivity index (χ2v) is 1.97. The number of aryl methyl sites for hydroxylation is 1. The fraction of sp³-hybridized carbons (Fsp3) is 0.125. The highest BCUT2D eigenvalue weighted by molar-refractivity contribution is 5.76. The first-order valence-electron chi connectivity index (χ1n) is 2.85. The van der Waals surface area contributed by atoms with E-state index in [0.717, 1.165) is 17.4 Å². The summed E-state index contributed by atoms with van der Waals surface area (Å²) in [6.45, 7) is 1.92. The first-order chi connectivity index (χ1) is 4.34. The molecule has 0 fully saturated rings. The lowest BCUT2D eigenvalue weighted by Gasteiger charge is -1.92. The average molecular weight is 138 g/mol. The highest BCUT2D eigenvalue weighted by Gasteiger charge is 1.90. The number of carbonyl (C=O) groups excluding carboxylic acids is 1. The second-order valence-electron chi connectivity index (χ2n) is 1.97. The second kappa shape index (κ2) is 3.80. The minimum atomic E-state index is 0. The first kappa shape index (κ1) is 8.85. The third-order valence-electron chi connectivity index (χ3n) is 1.32. The third kappa shape index (κ3) is 1.67. The summed E-state index contributed by atoms with van der Waals surface area (Å²) in [5.74, 6) is 0. The Balaban J connectivity index is 0.000000810. The molecule has 0 heterocycles. The molecule has 1 rings (SSSR count). The van der Waals surface area contributed by atoms with Gasteiger partial charge in [-0.1, -0.05) is 24.3 Å². The van der Waals surface area contributed by atoms with Gasteiger partial charge in [-0.25, -0.2) is 0 Å². The van der Waals surface area contributed by atoms with Crippen molar-refractivity contribution in [3.8, 4) is 0 Å². The SMILES string of the molecule is Cc1ccccc1C=O.O. The van der Waals surface area contributed by atoms with E-state index in [1.807, 2.05) is 31.2 Å². The highest BCUT2D eigenvalue weighted by atomic mass is 16.1. The first-order valence-corrected chi connectivity index (χ1v) is 2.85. The van der Waals surface area contributed by atoms with E-state index in [1.54, 1.807) is 0 Å². The summed E-state index contributed by atoms with van der Waals surface area (Å²) in [5.41, 5.74) is 1.81. The van der Waals surface area contributed by atoms with Crippen molar-refractivity contribution in [1.82, 2.24) is 0 Å². The topological polar surface area (TPSA) is 48.6 Å². The molecule has 0 saturated heterocycles. The lowest BCUT2D eigenvalue weighted by molar-refractivity contribution is 0.112. The molecule has 2 N–H and O–H groups in total. The summed E-state index contributed by atoms with van der Waals surface area (Å²) >= 11 is 0. The molecule has 2 heteroatoms. The third-order valence-corrected chi connectivity index (χ3v) is 1.32. The normalized spacial score (nSPS) is 8.10. The smallest absolute Gasteiger partial charge is 0.150 e. The van der Waals surface area contributed by atoms with E-state index in [-0.39, 0.29) is 5.48 Å². The van der Waals surface area contributed by atoms with Crippen molar-refractivity contribution >= 4 is 6.29 Å². The summed E-state index contributed by atoms with van der Waals surface area (Å²) in [6, 6.07) is 7.51. The zero-order chi connectivity index (χ0) is 6.69. The Morgan fingerprint density at radius 2 is 1.90 bits per heavy atom. The van der Waals surface area contributed by atoms with Gasteiger partial charge < -0.3 is 5.48 Å². The van der Waals surface area contributed by atoms with Gasteiger partial charge in [0.2, 0.25) is 0 Å². The zero-order valence-corrected chi connectivity index (χ0v) is 5.79. The van der Waals surface area contributed by atoms with E-state index in [9.17, 15) is 4.79 Å². The standard InChI is InChI=1S/C8H8O.H2O/c1-7-4-2-3-5-8(7)6-9;/h2-6H,1H3;1H2. The van der Waals surface area contributed by atoms with Gasteiger partial charge in [-0.2, -0.15) is 0 Å². The Morgan fingerprint density at radius 3 is 2.30 bits per heavy atom. The lowest BCUT2D eigenvalue weighted by Crippen LogP contribution is -1.82. The van der Waals surface area contributed by atoms with Crippen molar-refractivity contribution in [3.63, 3.8) is 0 Å². The Labute approximate surface area is 59.8 Å². The van der Waals surface area contributed by atoms with Gasteiger partial charge in [0.25, 0.3) is 0 Å². The van der Waals surface area contributed by atoms with Gasteiger partial charge in [-0.05, 0) is 12.5 Å². The van der Waals surface area contributed by atoms with Crippen LogP contribution in [0.2, 0.25) is 0 Å². The molecule has 10 heavy (non-hydrogen) atoms. The molecule has 0 saturated carbocycles. The van der Waals surface area contributed by atoms with Crippen molar-refractivity contribution in [1.29, 1.82) is 0 Å². The van der Waals surface area contributed by atoms with Crippen LogP contribution in [0.5, 0.6) is 0 Å². The van der Waals surface area contributed by atoms with Crippen molar-refractivity contribution in [3.05, 3.63) is 35.4 Å². The number of hydrogen-bond donors (Lipinski definition) is 0. The average Bonchev–Trinajstić information content (AvgIpc) is 1.89. The van der Waals surface area contributed by atoms with Crippen molar-refractivity contribution in [2.45, 2.75) is 6.92 Å². The summed E-state index contributed by atoms with van der Waals surface area (Å²) in [7, 11) is 0. The highest BCUT2D eigenvalue weighted by Crippen LogP contribution is 2.02. The van der Waals surface area contributed by atoms with E-state index in [2.05, 4.69) is 0 Å². The molecule has 1 aromatic carbocycles. The minimum Gasteiger partial charge on any atom is -0.412 e. The molecule has 0 aliphatic heterocycles. The molecule has 1 aromatic rings. The summed E-state index contributed by atoms with van der Waals surface area (Å²) in [4.78, 5) is 10.2. The molecular formula is C8H10O2. The minimum absolute atomic E-state index is 0. The Kier molecular flexibility index (Phi) is 3.36. The van der Waals surface area contributed by atoms with Crippen LogP contribution in [0.3, 0.4) is 0 Å². The molecule has 0 atom stereocenters. The van der Waals surface area contributed by atoms with Crippen LogP contribution in [-0.4, -0.2) is 11.8 Å². The van der Waals surface area contributed by atoms with Gasteiger partial charge in [0.05, 0.1) is 0 Å². The van der Waals surface area contributed by atoms with Gasteiger partial charge >= 0.3 is 0 Å². The van der Waals surface area contributed by atoms with Gasteiger partial charge in [0.15, 0.2) is 0 Å². The maximum absolute atomic E-state index is 10.2. The van der Waals surface area contributed by atoms with Gasteiger partial charge in [0, 0.05) is 5.56 Å². The summed E-state index contributed by atoms with van der Waals surface area (Å²) in [5, 5.41) is 0. The van der Waals surface area contributed by atoms with Crippen LogP contribution < -0.4 is 0 Å². The van der Waals surface area contributed by atoms with Crippen molar-refractivity contribution in [2.75, 3.05) is 0 Å². The molecule has 0 aromatic heterocycles. The van der Waals surface area contributed by atoms with Crippen LogP contribution in [0, 0.1) is 6.92 Å². The monoisotopic (exact) mass is 138 g/mol. The van der Waals surface area contributed by atoms with E-state index in [1.165, 1.54) is 0 Å². The lowest BCUT2D eigenvalue weighted by atomic mass is 10.1. The molecule has 54 valence electrons. The van der Waals surface area contributed by atoms with E-state index in [4.69, 9.17) is 0 Å². The quantitative estimate of drug-likeness (QED) is 0.533. The molecule has 0 aliphatic rings. The Bertz CT molecular complexity index is 218. The van der Waals surface area contributed by atoms with Crippen LogP contribution in [0.25, 0.3) is 0 Å². The Hall–Kier alpha value is -1.15. The van der Waals surface area contributed by atoms with Crippen LogP contribution in [0.15, 0.2) is 24.3 Å². The maximum Gasteiger partial charge on any atom is 0.150 e. The number of hydrogen-bond acceptors (Lipinski definition) is 1. The molecular weight excluding hydrogens is 128 g/mol. The summed E-state index contributed by atoms with van der Waals surface area (Å²) < 4.78 is 0. The van der Waals surface area contributed by atoms with E-state index in [0.29, 0.717) is 0 Å². The van der Waals surface area contributed by atoms with Crippen LogP contribution >= 0.6 is 0 Å². The largest absolute Gasteiger partial charge is 0.412 e. The molecule has 0 radical (unpaired) electrons. The molecule has 0 aliphatic carbocycles. The van der Waals surface area contributed by atoms with Gasteiger partial charge in [-0.15, -0.1) is 0 Å². The predicted octanol–water partition coefficient (Wildman–Crippen LogP) is 0.983. The molecule has 0 unspecified atom stereocenters. The fourth-order valence-corrected chi connectivity index (χ4v) is 0.719. The van der Waals surface area contributed by atoms with E-state index >= 15 is 0 Å². The van der Waals surface area contributed by atoms with Gasteiger partial charge in [-0.3, -0.25) is 4.79 Å². The van der Waals surface area contributed by atoms with Crippen LogP contribution in [-0.2, 0) is 0 Å². The predicted molar refractivity (Wildman–Crippen MR) is 40.2 cm³/mol. The van der Waals surface area contributed by atoms with E-state index < -0.39 is 0 Å². The zero-order valence-electron chi connectivity index (χ0n) is 5.79. The van der Waals surface area contributed by atoms with Crippen molar-refractivity contribution < 1.29 is 10.3 Å². The number of carbonyl (C=O) groups is 1. The van der Waals surface area contributed by atoms with Crippen LogP contribution in [0.1, 0.15) is 15.9 Å². The van der Waals surface area contributed by atoms with Crippen molar-refractivity contribution in [2.24, 2.45) is 0 Å². The molecule has 0 amide bonds. The number of aldehydes is 1. The van der Waals surface area contributed by atoms with Gasteiger partial charge in [0.1, 0.15) is 6.29 Å². The Morgan fingerprint density at radius 1 is 1.30 bits per heavy atom. The molecule has 0 bridgehead atoms. The number of benzene rings is 1. The van der Waals surface area contributed by atoms with Crippen LogP contribution in [0.4, 0.5) is 0 Å². The summed E-state index contributed by atoms with van der Waals surface area (Å²) in [6.07, 6.45) is 0.870. The fourth-order valence-electron chi connectivity index (χ4n) is 0.719.